The zero-order valence-electron chi connectivity index (χ0n) is 22.6. The van der Waals surface area contributed by atoms with Gasteiger partial charge in [-0.25, -0.2) is 15.0 Å². The monoisotopic (exact) mass is 583 g/mol. The summed E-state index contributed by atoms with van der Waals surface area (Å²) in [6, 6.07) is 7.71. The van der Waals surface area contributed by atoms with Crippen molar-refractivity contribution < 1.29 is 9.59 Å². The van der Waals surface area contributed by atoms with Gasteiger partial charge >= 0.3 is 0 Å². The third-order valence-corrected chi connectivity index (χ3v) is 7.07. The fraction of sp³-hybridized carbons (Fsp3) is 0.400. The molecule has 1 saturated heterocycles. The molecule has 3 heterocycles. The largest absolute Gasteiger partial charge is 0.382 e. The molecule has 0 aliphatic carbocycles. The Bertz CT molecular complexity index is 1370. The van der Waals surface area contributed by atoms with Crippen molar-refractivity contribution in [1.29, 1.82) is 0 Å². The van der Waals surface area contributed by atoms with E-state index in [-0.39, 0.29) is 59.4 Å². The maximum Gasteiger partial charge on any atom is 0.280 e. The molecule has 0 bridgehead atoms. The standard InChI is InChI=1S/C25H34ClN13O2/c1-38(18(40)6-9-27)20(17-12-31-37-36-17)15-4-2-14(3-5-15)13-39-10-7-16(8-11-39)32-25(30)35-24(41)19-22(28)34-23(29)21(26)33-19/h2-5,12,16,20H,6-11,13,27H2,1H3,(H4,28,29,34)(H,31,36,37)(H3,30,32,35,41). The zero-order chi connectivity index (χ0) is 29.5. The summed E-state index contributed by atoms with van der Waals surface area (Å²) in [6.07, 6.45) is 3.41. The van der Waals surface area contributed by atoms with Crippen molar-refractivity contribution in [3.8, 4) is 0 Å². The maximum atomic E-state index is 12.6. The Morgan fingerprint density at radius 3 is 2.54 bits per heavy atom. The first-order chi connectivity index (χ1) is 19.7. The molecule has 1 aliphatic rings. The van der Waals surface area contributed by atoms with Gasteiger partial charge < -0.3 is 27.8 Å². The van der Waals surface area contributed by atoms with Crippen molar-refractivity contribution in [2.24, 2.45) is 16.5 Å². The van der Waals surface area contributed by atoms with Crippen LogP contribution in [0, 0.1) is 0 Å². The Morgan fingerprint density at radius 1 is 1.20 bits per heavy atom. The quantitative estimate of drug-likeness (QED) is 0.145. The van der Waals surface area contributed by atoms with Crippen LogP contribution in [0.5, 0.6) is 0 Å². The molecule has 4 rings (SSSR count). The van der Waals surface area contributed by atoms with Crippen molar-refractivity contribution in [2.75, 3.05) is 38.1 Å². The predicted molar refractivity (Wildman–Crippen MR) is 154 cm³/mol. The Hall–Kier alpha value is -4.34. The minimum absolute atomic E-state index is 0.0326. The van der Waals surface area contributed by atoms with Crippen LogP contribution in [0.25, 0.3) is 0 Å². The number of benzene rings is 1. The van der Waals surface area contributed by atoms with Crippen LogP contribution in [0.1, 0.15) is 52.6 Å². The second kappa shape index (κ2) is 13.3. The van der Waals surface area contributed by atoms with Gasteiger partial charge in [-0.05, 0) is 24.0 Å². The van der Waals surface area contributed by atoms with Crippen molar-refractivity contribution in [3.63, 3.8) is 0 Å². The molecule has 1 unspecified atom stereocenters. The molecule has 41 heavy (non-hydrogen) atoms. The van der Waals surface area contributed by atoms with Gasteiger partial charge in [-0.2, -0.15) is 15.4 Å². The number of amides is 2. The molecule has 15 nitrogen and oxygen atoms in total. The van der Waals surface area contributed by atoms with Gasteiger partial charge in [0.25, 0.3) is 5.91 Å². The fourth-order valence-corrected chi connectivity index (χ4v) is 4.79. The highest BCUT2D eigenvalue weighted by atomic mass is 35.5. The third kappa shape index (κ3) is 7.45. The molecule has 2 amide bonds. The second-order valence-electron chi connectivity index (χ2n) is 9.69. The van der Waals surface area contributed by atoms with E-state index in [1.807, 2.05) is 12.1 Å². The lowest BCUT2D eigenvalue weighted by Crippen LogP contribution is -2.40. The highest BCUT2D eigenvalue weighted by Crippen LogP contribution is 2.27. The molecule has 0 spiro atoms. The summed E-state index contributed by atoms with van der Waals surface area (Å²) in [5.74, 6) is -0.986. The number of halogens is 1. The van der Waals surface area contributed by atoms with E-state index in [0.717, 1.165) is 43.6 Å². The summed E-state index contributed by atoms with van der Waals surface area (Å²) in [7, 11) is 1.74. The topological polar surface area (TPSA) is 236 Å². The van der Waals surface area contributed by atoms with Gasteiger partial charge in [0.2, 0.25) is 5.91 Å². The molecule has 3 aromatic rings. The van der Waals surface area contributed by atoms with Crippen LogP contribution in [0.15, 0.2) is 35.5 Å². The van der Waals surface area contributed by atoms with Crippen molar-refractivity contribution >= 4 is 41.0 Å². The van der Waals surface area contributed by atoms with E-state index < -0.39 is 5.91 Å². The van der Waals surface area contributed by atoms with Gasteiger partial charge in [-0.1, -0.05) is 35.9 Å². The van der Waals surface area contributed by atoms with E-state index in [9.17, 15) is 9.59 Å². The molecular weight excluding hydrogens is 550 g/mol. The van der Waals surface area contributed by atoms with Gasteiger partial charge in [-0.3, -0.25) is 19.8 Å². The van der Waals surface area contributed by atoms with Crippen LogP contribution in [-0.4, -0.2) is 85.7 Å². The predicted octanol–water partition coefficient (Wildman–Crippen LogP) is 0.0182. The normalized spacial score (nSPS) is 15.4. The number of nitrogens with one attached hydrogen (secondary N) is 2. The first-order valence-corrected chi connectivity index (χ1v) is 13.4. The van der Waals surface area contributed by atoms with Gasteiger partial charge in [0.05, 0.1) is 12.2 Å². The van der Waals surface area contributed by atoms with Gasteiger partial charge in [-0.15, -0.1) is 0 Å². The number of aromatic amines is 1. The van der Waals surface area contributed by atoms with Crippen LogP contribution in [-0.2, 0) is 11.3 Å². The van der Waals surface area contributed by atoms with Crippen LogP contribution in [0.3, 0.4) is 0 Å². The zero-order valence-corrected chi connectivity index (χ0v) is 23.4. The smallest absolute Gasteiger partial charge is 0.280 e. The number of aliphatic imine (C=N–C) groups is 1. The van der Waals surface area contributed by atoms with Crippen LogP contribution in [0.4, 0.5) is 11.6 Å². The van der Waals surface area contributed by atoms with Crippen LogP contribution >= 0.6 is 11.6 Å². The van der Waals surface area contributed by atoms with E-state index in [1.165, 1.54) is 0 Å². The fourth-order valence-electron chi connectivity index (χ4n) is 4.66. The van der Waals surface area contributed by atoms with Gasteiger partial charge in [0.15, 0.2) is 28.4 Å². The van der Waals surface area contributed by atoms with Crippen molar-refractivity contribution in [1.82, 2.24) is 40.5 Å². The molecule has 1 atom stereocenters. The van der Waals surface area contributed by atoms with Gasteiger partial charge in [0, 0.05) is 39.6 Å². The van der Waals surface area contributed by atoms with E-state index in [4.69, 9.17) is 34.5 Å². The molecule has 16 heteroatoms. The summed E-state index contributed by atoms with van der Waals surface area (Å²) in [6.45, 7) is 2.65. The molecular formula is C25H34ClN13O2. The van der Waals surface area contributed by atoms with E-state index in [1.54, 1.807) is 18.1 Å². The summed E-state index contributed by atoms with van der Waals surface area (Å²) < 4.78 is 0. The summed E-state index contributed by atoms with van der Waals surface area (Å²) in [4.78, 5) is 41.1. The van der Waals surface area contributed by atoms with Crippen molar-refractivity contribution in [2.45, 2.75) is 37.9 Å². The Morgan fingerprint density at radius 2 is 1.90 bits per heavy atom. The number of aromatic nitrogens is 5. The molecule has 1 aliphatic heterocycles. The summed E-state index contributed by atoms with van der Waals surface area (Å²) >= 11 is 5.85. The Kier molecular flexibility index (Phi) is 9.65. The Balaban J connectivity index is 1.32. The number of hydrogen-bond acceptors (Lipinski definition) is 11. The summed E-state index contributed by atoms with van der Waals surface area (Å²) in [5.41, 5.74) is 25.4. The maximum absolute atomic E-state index is 12.6. The average Bonchev–Trinajstić information content (AvgIpc) is 3.47. The highest BCUT2D eigenvalue weighted by molar-refractivity contribution is 6.31. The lowest BCUT2D eigenvalue weighted by atomic mass is 10.00. The molecule has 218 valence electrons. The number of nitrogens with zero attached hydrogens (tertiary/aromatic N) is 7. The number of H-pyrrole nitrogens is 1. The number of rotatable bonds is 9. The lowest BCUT2D eigenvalue weighted by molar-refractivity contribution is -0.131. The number of anilines is 2. The average molecular weight is 584 g/mol. The molecule has 1 fully saturated rings. The first-order valence-electron chi connectivity index (χ1n) is 13.0. The number of piperidine rings is 1. The minimum Gasteiger partial charge on any atom is -0.382 e. The number of carbonyl (C=O) groups is 2. The molecule has 10 N–H and O–H groups in total. The van der Waals surface area contributed by atoms with Crippen LogP contribution in [0.2, 0.25) is 5.15 Å². The molecule has 2 aromatic heterocycles. The number of carbonyl (C=O) groups excluding carboxylic acids is 2. The van der Waals surface area contributed by atoms with Gasteiger partial charge in [0.1, 0.15) is 11.7 Å². The van der Waals surface area contributed by atoms with Crippen LogP contribution < -0.4 is 28.3 Å². The van der Waals surface area contributed by atoms with Crippen molar-refractivity contribution in [3.05, 3.63) is 58.1 Å². The highest BCUT2D eigenvalue weighted by Gasteiger charge is 2.26. The Labute approximate surface area is 241 Å². The minimum atomic E-state index is -0.667. The van der Waals surface area contributed by atoms with E-state index >= 15 is 0 Å². The number of nitrogen functional groups attached to an aromatic ring is 2. The third-order valence-electron chi connectivity index (χ3n) is 6.79. The van der Waals surface area contributed by atoms with E-state index in [2.05, 4.69) is 52.7 Å². The molecule has 0 radical (unpaired) electrons. The molecule has 0 saturated carbocycles. The number of hydrogen-bond donors (Lipinski definition) is 6. The van der Waals surface area contributed by atoms with E-state index in [0.29, 0.717) is 5.69 Å². The number of likely N-dealkylation sites (tertiary alicyclic amines) is 1. The number of guanidine groups is 1. The first kappa shape index (κ1) is 29.6. The number of nitrogens with two attached hydrogens (primary N) is 4. The molecule has 1 aromatic carbocycles. The second-order valence-corrected chi connectivity index (χ2v) is 10.0. The SMILES string of the molecule is CN(C(=O)CCN)C(c1ccc(CN2CCC(N=C(N)NC(=O)c3nc(Cl)c(N)nc3N)CC2)cc1)c1cn[nH]n1. The summed E-state index contributed by atoms with van der Waals surface area (Å²) in [5, 5.41) is 13.1. The lowest BCUT2D eigenvalue weighted by Gasteiger charge is -2.30.